The largest absolute Gasteiger partial charge is 0.365 e. The van der Waals surface area contributed by atoms with Gasteiger partial charge >= 0.3 is 0 Å². The van der Waals surface area contributed by atoms with E-state index in [1.165, 1.54) is 11.3 Å². The van der Waals surface area contributed by atoms with Crippen LogP contribution in [0.2, 0.25) is 0 Å². The van der Waals surface area contributed by atoms with Crippen molar-refractivity contribution in [2.45, 2.75) is 6.54 Å². The van der Waals surface area contributed by atoms with Crippen LogP contribution >= 0.6 is 11.3 Å². The summed E-state index contributed by atoms with van der Waals surface area (Å²) >= 11 is 1.37. The molecule has 116 valence electrons. The maximum absolute atomic E-state index is 12.2. The number of carbonyl (C=O) groups excluding carboxylic acids is 1. The van der Waals surface area contributed by atoms with E-state index in [-0.39, 0.29) is 12.2 Å². The number of rotatable bonds is 4. The molecule has 0 saturated heterocycles. The monoisotopic (exact) mass is 330 g/mol. The van der Waals surface area contributed by atoms with E-state index in [1.54, 1.807) is 0 Å². The fourth-order valence-electron chi connectivity index (χ4n) is 2.15. The van der Waals surface area contributed by atoms with Gasteiger partial charge in [0, 0.05) is 6.07 Å². The second-order valence-electron chi connectivity index (χ2n) is 4.74. The molecule has 1 amide bonds. The van der Waals surface area contributed by atoms with Crippen LogP contribution in [-0.4, -0.2) is 20.4 Å². The van der Waals surface area contributed by atoms with Crippen molar-refractivity contribution in [2.75, 3.05) is 0 Å². The zero-order valence-electron chi connectivity index (χ0n) is 11.6. The number of fused-ring (bicyclic) bond motifs is 1. The van der Waals surface area contributed by atoms with E-state index in [4.69, 9.17) is 5.73 Å². The summed E-state index contributed by atoms with van der Waals surface area (Å²) < 4.78 is 2.02. The van der Waals surface area contributed by atoms with Crippen molar-refractivity contribution in [2.24, 2.45) is 5.73 Å². The fourth-order valence-corrected chi connectivity index (χ4v) is 3.11. The van der Waals surface area contributed by atoms with Gasteiger partial charge in [-0.15, -0.1) is 11.3 Å². The third-order valence-electron chi connectivity index (χ3n) is 3.19. The summed E-state index contributed by atoms with van der Waals surface area (Å²) in [6.45, 7) is 0.0279. The van der Waals surface area contributed by atoms with Gasteiger partial charge in [-0.3, -0.25) is 19.7 Å². The number of carbonyl (C=O) groups is 1. The lowest BCUT2D eigenvalue weighted by molar-refractivity contribution is -0.385. The summed E-state index contributed by atoms with van der Waals surface area (Å²) in [5.41, 5.74) is 4.43. The van der Waals surface area contributed by atoms with E-state index in [2.05, 4.69) is 4.98 Å². The standard InChI is InChI=1S/C14H10N4O4S/c15-13(19)9-5-8(18(21)22)6-17(14(9)20)7-12-16-10-3-1-2-4-11(10)23-12/h1-6H,7H2,(H2,15,19). The Morgan fingerprint density at radius 1 is 1.39 bits per heavy atom. The first-order valence-corrected chi connectivity index (χ1v) is 7.30. The van der Waals surface area contributed by atoms with Gasteiger partial charge in [-0.1, -0.05) is 12.1 Å². The molecule has 1 aromatic carbocycles. The number of thiazole rings is 1. The molecule has 2 heterocycles. The first-order valence-electron chi connectivity index (χ1n) is 6.49. The molecule has 0 fully saturated rings. The molecule has 3 rings (SSSR count). The van der Waals surface area contributed by atoms with Crippen molar-refractivity contribution in [3.05, 3.63) is 67.6 Å². The molecule has 0 aliphatic rings. The first kappa shape index (κ1) is 14.9. The number of amides is 1. The highest BCUT2D eigenvalue weighted by molar-refractivity contribution is 7.18. The van der Waals surface area contributed by atoms with Gasteiger partial charge in [0.05, 0.1) is 27.9 Å². The normalized spacial score (nSPS) is 10.8. The topological polar surface area (TPSA) is 121 Å². The fraction of sp³-hybridized carbons (Fsp3) is 0.0714. The summed E-state index contributed by atoms with van der Waals surface area (Å²) in [7, 11) is 0. The van der Waals surface area contributed by atoms with Crippen LogP contribution in [0.3, 0.4) is 0 Å². The number of nitrogens with zero attached hydrogens (tertiary/aromatic N) is 3. The Kier molecular flexibility index (Phi) is 3.62. The van der Waals surface area contributed by atoms with E-state index >= 15 is 0 Å². The van der Waals surface area contributed by atoms with E-state index in [0.29, 0.717) is 5.01 Å². The maximum Gasteiger partial charge on any atom is 0.286 e. The predicted molar refractivity (Wildman–Crippen MR) is 84.6 cm³/mol. The minimum absolute atomic E-state index is 0.0279. The Morgan fingerprint density at radius 3 is 2.78 bits per heavy atom. The molecule has 0 bridgehead atoms. The van der Waals surface area contributed by atoms with Gasteiger partial charge < -0.3 is 10.3 Å². The smallest absolute Gasteiger partial charge is 0.286 e. The molecule has 0 unspecified atom stereocenters. The number of nitrogens with two attached hydrogens (primary N) is 1. The van der Waals surface area contributed by atoms with Crippen LogP contribution < -0.4 is 11.3 Å². The highest BCUT2D eigenvalue weighted by atomic mass is 32.1. The Hall–Kier alpha value is -3.07. The van der Waals surface area contributed by atoms with E-state index in [0.717, 1.165) is 27.0 Å². The number of nitro groups is 1. The van der Waals surface area contributed by atoms with Crippen molar-refractivity contribution in [3.63, 3.8) is 0 Å². The van der Waals surface area contributed by atoms with Crippen LogP contribution in [0.15, 0.2) is 41.3 Å². The van der Waals surface area contributed by atoms with Crippen LogP contribution in [0.25, 0.3) is 10.2 Å². The second kappa shape index (κ2) is 5.61. The quantitative estimate of drug-likeness (QED) is 0.574. The summed E-state index contributed by atoms with van der Waals surface area (Å²) in [4.78, 5) is 38.2. The van der Waals surface area contributed by atoms with Gasteiger partial charge in [-0.05, 0) is 12.1 Å². The minimum atomic E-state index is -1.00. The van der Waals surface area contributed by atoms with Gasteiger partial charge in [0.25, 0.3) is 17.2 Å². The number of hydrogen-bond acceptors (Lipinski definition) is 6. The van der Waals surface area contributed by atoms with Crippen LogP contribution in [0.4, 0.5) is 5.69 Å². The molecule has 0 spiro atoms. The van der Waals surface area contributed by atoms with Crippen LogP contribution in [0.5, 0.6) is 0 Å². The third kappa shape index (κ3) is 2.81. The van der Waals surface area contributed by atoms with Gasteiger partial charge in [0.1, 0.15) is 10.6 Å². The van der Waals surface area contributed by atoms with Crippen molar-refractivity contribution in [1.82, 2.24) is 9.55 Å². The lowest BCUT2D eigenvalue weighted by atomic mass is 10.2. The summed E-state index contributed by atoms with van der Waals surface area (Å²) in [6.07, 6.45) is 1.08. The van der Waals surface area contributed by atoms with E-state index < -0.39 is 22.0 Å². The van der Waals surface area contributed by atoms with E-state index in [9.17, 15) is 19.7 Å². The molecule has 23 heavy (non-hydrogen) atoms. The minimum Gasteiger partial charge on any atom is -0.365 e. The summed E-state index contributed by atoms with van der Waals surface area (Å²) in [6, 6.07) is 8.33. The average Bonchev–Trinajstić information content (AvgIpc) is 2.91. The molecule has 9 heteroatoms. The first-order chi connectivity index (χ1) is 11.0. The molecule has 8 nitrogen and oxygen atoms in total. The molecular formula is C14H10N4O4S. The number of aromatic nitrogens is 2. The molecule has 0 saturated carbocycles. The summed E-state index contributed by atoms with van der Waals surface area (Å²) in [5.74, 6) is -1.00. The molecular weight excluding hydrogens is 320 g/mol. The van der Waals surface area contributed by atoms with Gasteiger partial charge in [0.15, 0.2) is 0 Å². The molecule has 3 aromatic rings. The van der Waals surface area contributed by atoms with Gasteiger partial charge in [-0.2, -0.15) is 0 Å². The maximum atomic E-state index is 12.2. The lowest BCUT2D eigenvalue weighted by Gasteiger charge is -2.05. The number of hydrogen-bond donors (Lipinski definition) is 1. The zero-order chi connectivity index (χ0) is 16.6. The number of benzene rings is 1. The number of para-hydroxylation sites is 1. The SMILES string of the molecule is NC(=O)c1cc([N+](=O)[O-])cn(Cc2nc3ccccc3s2)c1=O. The molecule has 0 aliphatic carbocycles. The predicted octanol–water partition coefficient (Wildman–Crippen LogP) is 1.51. The van der Waals surface area contributed by atoms with Crippen LogP contribution in [0, 0.1) is 10.1 Å². The Morgan fingerprint density at radius 2 is 2.13 bits per heavy atom. The molecule has 0 atom stereocenters. The zero-order valence-corrected chi connectivity index (χ0v) is 12.4. The number of pyridine rings is 1. The molecule has 0 aliphatic heterocycles. The number of primary amides is 1. The third-order valence-corrected chi connectivity index (χ3v) is 4.21. The van der Waals surface area contributed by atoms with Crippen LogP contribution in [-0.2, 0) is 6.54 Å². The second-order valence-corrected chi connectivity index (χ2v) is 5.86. The van der Waals surface area contributed by atoms with Crippen molar-refractivity contribution in [3.8, 4) is 0 Å². The van der Waals surface area contributed by atoms with Gasteiger partial charge in [-0.25, -0.2) is 4.98 Å². The molecule has 2 aromatic heterocycles. The van der Waals surface area contributed by atoms with Crippen molar-refractivity contribution in [1.29, 1.82) is 0 Å². The average molecular weight is 330 g/mol. The highest BCUT2D eigenvalue weighted by Crippen LogP contribution is 2.22. The highest BCUT2D eigenvalue weighted by Gasteiger charge is 2.18. The van der Waals surface area contributed by atoms with Crippen molar-refractivity contribution >= 4 is 33.1 Å². The Labute approximate surface area is 133 Å². The summed E-state index contributed by atoms with van der Waals surface area (Å²) in [5, 5.41) is 11.6. The van der Waals surface area contributed by atoms with E-state index in [1.807, 2.05) is 24.3 Å². The Balaban J connectivity index is 2.09. The molecule has 0 radical (unpaired) electrons. The van der Waals surface area contributed by atoms with Crippen molar-refractivity contribution < 1.29 is 9.72 Å². The lowest BCUT2D eigenvalue weighted by Crippen LogP contribution is -2.29. The van der Waals surface area contributed by atoms with Gasteiger partial charge in [0.2, 0.25) is 0 Å². The Bertz CT molecular complexity index is 959. The molecule has 2 N–H and O–H groups in total. The van der Waals surface area contributed by atoms with Crippen LogP contribution in [0.1, 0.15) is 15.4 Å².